The first-order valence-electron chi connectivity index (χ1n) is 7.89. The molecule has 4 rings (SSSR count). The largest absolute Gasteiger partial charge is 0.417 e. The van der Waals surface area contributed by atoms with E-state index < -0.39 is 22.7 Å². The van der Waals surface area contributed by atoms with E-state index in [1.54, 1.807) is 0 Å². The van der Waals surface area contributed by atoms with E-state index in [2.05, 4.69) is 9.97 Å². The number of hydrogen-bond donors (Lipinski definition) is 1. The fraction of sp³-hybridized carbons (Fsp3) is 0.235. The second-order valence-corrected chi connectivity index (χ2v) is 7.44. The molecule has 1 fully saturated rings. The summed E-state index contributed by atoms with van der Waals surface area (Å²) in [5.41, 5.74) is -1.68. The van der Waals surface area contributed by atoms with E-state index in [1.807, 2.05) is 0 Å². The van der Waals surface area contributed by atoms with Gasteiger partial charge in [0.1, 0.15) is 5.65 Å². The van der Waals surface area contributed by atoms with Crippen molar-refractivity contribution in [3.05, 3.63) is 55.0 Å². The molecule has 10 heteroatoms. The Hall–Kier alpha value is -1.90. The standard InChI is InChI=1S/C17H10Cl2F3N3OS/c18-10-4-1-7(5-11(10)19)12-6-9(17(20,21)22)13-14(23-12)25(8-2-3-8)16(27)24-15(13)26/h1,4-6,8H,2-3H2,(H,24,26,27). The van der Waals surface area contributed by atoms with Crippen LogP contribution in [0.1, 0.15) is 24.4 Å². The molecule has 1 aliphatic carbocycles. The molecular formula is C17H10Cl2F3N3OS. The van der Waals surface area contributed by atoms with Crippen LogP contribution < -0.4 is 5.56 Å². The van der Waals surface area contributed by atoms with Gasteiger partial charge in [-0.05, 0) is 43.3 Å². The number of nitrogens with zero attached hydrogens (tertiary/aromatic N) is 2. The van der Waals surface area contributed by atoms with Crippen LogP contribution in [0.3, 0.4) is 0 Å². The summed E-state index contributed by atoms with van der Waals surface area (Å²) >= 11 is 17.0. The van der Waals surface area contributed by atoms with Gasteiger partial charge in [0.05, 0.1) is 26.7 Å². The van der Waals surface area contributed by atoms with Gasteiger partial charge < -0.3 is 0 Å². The lowest BCUT2D eigenvalue weighted by Crippen LogP contribution is -2.20. The van der Waals surface area contributed by atoms with Gasteiger partial charge in [0.25, 0.3) is 5.56 Å². The number of halogens is 5. The van der Waals surface area contributed by atoms with Gasteiger partial charge in [-0.15, -0.1) is 0 Å². The van der Waals surface area contributed by atoms with Crippen LogP contribution in [0.15, 0.2) is 29.1 Å². The summed E-state index contributed by atoms with van der Waals surface area (Å²) in [6.45, 7) is 0. The van der Waals surface area contributed by atoms with Crippen LogP contribution in [0, 0.1) is 4.77 Å². The van der Waals surface area contributed by atoms with Gasteiger partial charge in [-0.1, -0.05) is 29.3 Å². The quantitative estimate of drug-likeness (QED) is 0.523. The highest BCUT2D eigenvalue weighted by Gasteiger charge is 2.37. The molecule has 0 radical (unpaired) electrons. The number of fused-ring (bicyclic) bond motifs is 1. The van der Waals surface area contributed by atoms with Crippen LogP contribution in [0.4, 0.5) is 13.2 Å². The number of alkyl halides is 3. The normalized spacial score (nSPS) is 14.7. The Morgan fingerprint density at radius 2 is 1.89 bits per heavy atom. The Kier molecular flexibility index (Phi) is 4.32. The van der Waals surface area contributed by atoms with E-state index in [9.17, 15) is 18.0 Å². The Morgan fingerprint density at radius 3 is 2.48 bits per heavy atom. The highest BCUT2D eigenvalue weighted by molar-refractivity contribution is 7.71. The van der Waals surface area contributed by atoms with Gasteiger partial charge in [0.15, 0.2) is 4.77 Å². The first kappa shape index (κ1) is 18.5. The van der Waals surface area contributed by atoms with Gasteiger partial charge in [-0.2, -0.15) is 13.2 Å². The number of nitrogens with one attached hydrogen (secondary N) is 1. The lowest BCUT2D eigenvalue weighted by Gasteiger charge is -2.16. The third-order valence-electron chi connectivity index (χ3n) is 4.33. The maximum Gasteiger partial charge on any atom is 0.417 e. The Labute approximate surface area is 165 Å². The fourth-order valence-electron chi connectivity index (χ4n) is 2.94. The molecule has 0 aliphatic heterocycles. The SMILES string of the molecule is O=c1[nH]c(=S)n(C2CC2)c2nc(-c3ccc(Cl)c(Cl)c3)cc(C(F)(F)F)c12. The molecule has 0 unspecified atom stereocenters. The summed E-state index contributed by atoms with van der Waals surface area (Å²) in [4.78, 5) is 19.0. The lowest BCUT2D eigenvalue weighted by molar-refractivity contribution is -0.136. The van der Waals surface area contributed by atoms with Crippen molar-refractivity contribution in [2.24, 2.45) is 0 Å². The predicted molar refractivity (Wildman–Crippen MR) is 99.9 cm³/mol. The molecule has 2 heterocycles. The summed E-state index contributed by atoms with van der Waals surface area (Å²) in [6.07, 6.45) is -3.23. The predicted octanol–water partition coefficient (Wildman–Crippen LogP) is 5.78. The number of rotatable bonds is 2. The van der Waals surface area contributed by atoms with Crippen molar-refractivity contribution in [2.45, 2.75) is 25.1 Å². The summed E-state index contributed by atoms with van der Waals surface area (Å²) in [7, 11) is 0. The number of aromatic nitrogens is 3. The van der Waals surface area contributed by atoms with Crippen molar-refractivity contribution in [2.75, 3.05) is 0 Å². The summed E-state index contributed by atoms with van der Waals surface area (Å²) in [5.74, 6) is 0. The minimum atomic E-state index is -4.75. The third-order valence-corrected chi connectivity index (χ3v) is 5.37. The number of H-pyrrole nitrogens is 1. The lowest BCUT2D eigenvalue weighted by atomic mass is 10.1. The molecule has 1 aromatic carbocycles. The van der Waals surface area contributed by atoms with Crippen LogP contribution in [-0.4, -0.2) is 14.5 Å². The van der Waals surface area contributed by atoms with Crippen molar-refractivity contribution >= 4 is 46.5 Å². The molecule has 0 amide bonds. The molecule has 27 heavy (non-hydrogen) atoms. The van der Waals surface area contributed by atoms with Crippen LogP contribution in [0.5, 0.6) is 0 Å². The van der Waals surface area contributed by atoms with Gasteiger partial charge in [0.2, 0.25) is 0 Å². The van der Waals surface area contributed by atoms with Crippen molar-refractivity contribution in [3.63, 3.8) is 0 Å². The zero-order valence-corrected chi connectivity index (χ0v) is 15.7. The van der Waals surface area contributed by atoms with E-state index >= 15 is 0 Å². The molecule has 0 atom stereocenters. The van der Waals surface area contributed by atoms with E-state index in [4.69, 9.17) is 35.4 Å². The first-order chi connectivity index (χ1) is 12.7. The van der Waals surface area contributed by atoms with Crippen molar-refractivity contribution in [3.8, 4) is 11.3 Å². The molecule has 0 spiro atoms. The molecule has 2 aromatic heterocycles. The fourth-order valence-corrected chi connectivity index (χ4v) is 3.57. The third kappa shape index (κ3) is 3.26. The minimum absolute atomic E-state index is 0.0304. The summed E-state index contributed by atoms with van der Waals surface area (Å²) in [6, 6.07) is 5.20. The molecule has 140 valence electrons. The van der Waals surface area contributed by atoms with Gasteiger partial charge >= 0.3 is 6.18 Å². The molecule has 1 saturated carbocycles. The number of aromatic amines is 1. The molecule has 4 nitrogen and oxygen atoms in total. The Bertz CT molecular complexity index is 1200. The molecule has 0 bridgehead atoms. The topological polar surface area (TPSA) is 50.7 Å². The highest BCUT2D eigenvalue weighted by atomic mass is 35.5. The molecule has 3 aromatic rings. The average Bonchev–Trinajstić information content (AvgIpc) is 3.40. The van der Waals surface area contributed by atoms with Crippen LogP contribution in [-0.2, 0) is 6.18 Å². The monoisotopic (exact) mass is 431 g/mol. The molecule has 0 saturated heterocycles. The van der Waals surface area contributed by atoms with E-state index in [-0.39, 0.29) is 32.2 Å². The zero-order chi connectivity index (χ0) is 19.5. The van der Waals surface area contributed by atoms with Crippen LogP contribution >= 0.6 is 35.4 Å². The number of pyridine rings is 1. The molecular weight excluding hydrogens is 422 g/mol. The number of hydrogen-bond acceptors (Lipinski definition) is 3. The van der Waals surface area contributed by atoms with Crippen molar-refractivity contribution < 1.29 is 13.2 Å². The van der Waals surface area contributed by atoms with Crippen molar-refractivity contribution in [1.82, 2.24) is 14.5 Å². The first-order valence-corrected chi connectivity index (χ1v) is 9.05. The summed E-state index contributed by atoms with van der Waals surface area (Å²) < 4.78 is 42.7. The molecule has 1 aliphatic rings. The maximum atomic E-state index is 13.7. The van der Waals surface area contributed by atoms with E-state index in [0.29, 0.717) is 5.56 Å². The Balaban J connectivity index is 2.13. The van der Waals surface area contributed by atoms with Crippen molar-refractivity contribution in [1.29, 1.82) is 0 Å². The minimum Gasteiger partial charge on any atom is -0.299 e. The second kappa shape index (κ2) is 6.32. The Morgan fingerprint density at radius 1 is 1.19 bits per heavy atom. The second-order valence-electron chi connectivity index (χ2n) is 6.24. The van der Waals surface area contributed by atoms with Crippen LogP contribution in [0.2, 0.25) is 10.0 Å². The number of benzene rings is 1. The highest BCUT2D eigenvalue weighted by Crippen LogP contribution is 2.40. The average molecular weight is 432 g/mol. The summed E-state index contributed by atoms with van der Waals surface area (Å²) in [5, 5.41) is -0.0593. The maximum absolute atomic E-state index is 13.7. The van der Waals surface area contributed by atoms with Gasteiger partial charge in [0, 0.05) is 11.6 Å². The van der Waals surface area contributed by atoms with E-state index in [1.165, 1.54) is 22.8 Å². The zero-order valence-electron chi connectivity index (χ0n) is 13.4. The van der Waals surface area contributed by atoms with Gasteiger partial charge in [-0.25, -0.2) is 4.98 Å². The van der Waals surface area contributed by atoms with Gasteiger partial charge in [-0.3, -0.25) is 14.3 Å². The van der Waals surface area contributed by atoms with Crippen LogP contribution in [0.25, 0.3) is 22.3 Å². The molecule has 1 N–H and O–H groups in total. The smallest absolute Gasteiger partial charge is 0.299 e. The van der Waals surface area contributed by atoms with E-state index in [0.717, 1.165) is 18.9 Å².